The molecule has 1 unspecified atom stereocenters. The highest BCUT2D eigenvalue weighted by Gasteiger charge is 2.18. The summed E-state index contributed by atoms with van der Waals surface area (Å²) in [6.07, 6.45) is 2.38. The van der Waals surface area contributed by atoms with E-state index in [4.69, 9.17) is 5.73 Å². The van der Waals surface area contributed by atoms with E-state index in [1.165, 1.54) is 24.0 Å². The van der Waals surface area contributed by atoms with Crippen LogP contribution in [0.5, 0.6) is 0 Å². The Morgan fingerprint density at radius 2 is 2.18 bits per heavy atom. The minimum atomic E-state index is 0.787. The van der Waals surface area contributed by atoms with Crippen molar-refractivity contribution in [3.05, 3.63) is 29.3 Å². The van der Waals surface area contributed by atoms with E-state index in [9.17, 15) is 0 Å². The fraction of sp³-hybridized carbons (Fsp3) is 0.400. The molecule has 0 radical (unpaired) electrons. The molecule has 11 heavy (non-hydrogen) atoms. The van der Waals surface area contributed by atoms with E-state index < -0.39 is 0 Å². The molecule has 2 N–H and O–H groups in total. The van der Waals surface area contributed by atoms with E-state index in [0.717, 1.165) is 11.6 Å². The maximum Gasteiger partial charge on any atom is 0.0349 e. The van der Waals surface area contributed by atoms with Crippen LogP contribution in [0, 0.1) is 5.92 Å². The number of benzene rings is 1. The number of nitrogens with two attached hydrogens (primary N) is 1. The zero-order chi connectivity index (χ0) is 7.84. The Labute approximate surface area is 67.2 Å². The monoisotopic (exact) mass is 147 g/mol. The molecular formula is C10H13N. The molecule has 0 spiro atoms. The molecule has 1 heteroatoms. The summed E-state index contributed by atoms with van der Waals surface area (Å²) in [4.78, 5) is 0. The van der Waals surface area contributed by atoms with Gasteiger partial charge in [-0.3, -0.25) is 0 Å². The molecule has 1 aromatic rings. The van der Waals surface area contributed by atoms with Crippen molar-refractivity contribution in [3.8, 4) is 0 Å². The predicted molar refractivity (Wildman–Crippen MR) is 47.4 cm³/mol. The zero-order valence-electron chi connectivity index (χ0n) is 6.80. The van der Waals surface area contributed by atoms with Gasteiger partial charge >= 0.3 is 0 Å². The standard InChI is InChI=1S/C10H13N/c1-7-5-8-3-2-4-10(11)9(8)6-7/h2-4,7H,5-6,11H2,1H3. The molecule has 0 fully saturated rings. The van der Waals surface area contributed by atoms with E-state index in [1.54, 1.807) is 0 Å². The summed E-state index contributed by atoms with van der Waals surface area (Å²) in [7, 11) is 0. The Morgan fingerprint density at radius 1 is 1.36 bits per heavy atom. The number of anilines is 1. The molecule has 1 atom stereocenters. The van der Waals surface area contributed by atoms with Crippen molar-refractivity contribution in [1.29, 1.82) is 0 Å². The summed E-state index contributed by atoms with van der Waals surface area (Å²) in [5.74, 6) is 0.787. The second kappa shape index (κ2) is 2.26. The molecule has 0 saturated carbocycles. The number of rotatable bonds is 0. The molecule has 0 aromatic heterocycles. The third kappa shape index (κ3) is 1.01. The first-order valence-electron chi connectivity index (χ1n) is 4.13. The third-order valence-corrected chi connectivity index (χ3v) is 2.43. The van der Waals surface area contributed by atoms with Crippen molar-refractivity contribution >= 4 is 5.69 Å². The SMILES string of the molecule is CC1Cc2cccc(N)c2C1. The number of fused-ring (bicyclic) bond motifs is 1. The van der Waals surface area contributed by atoms with Gasteiger partial charge in [-0.05, 0) is 36.0 Å². The maximum atomic E-state index is 5.83. The van der Waals surface area contributed by atoms with Crippen LogP contribution in [0.1, 0.15) is 18.1 Å². The van der Waals surface area contributed by atoms with Gasteiger partial charge in [0.05, 0.1) is 0 Å². The van der Waals surface area contributed by atoms with Gasteiger partial charge in [-0.2, -0.15) is 0 Å². The van der Waals surface area contributed by atoms with Crippen molar-refractivity contribution in [2.45, 2.75) is 19.8 Å². The fourth-order valence-corrected chi connectivity index (χ4v) is 1.89. The molecule has 2 rings (SSSR count). The molecule has 0 bridgehead atoms. The van der Waals surface area contributed by atoms with Gasteiger partial charge in [-0.1, -0.05) is 19.1 Å². The van der Waals surface area contributed by atoms with E-state index in [2.05, 4.69) is 13.0 Å². The van der Waals surface area contributed by atoms with Crippen LogP contribution >= 0.6 is 0 Å². The molecule has 1 aliphatic carbocycles. The van der Waals surface area contributed by atoms with Gasteiger partial charge in [0.15, 0.2) is 0 Å². The lowest BCUT2D eigenvalue weighted by molar-refractivity contribution is 0.628. The van der Waals surface area contributed by atoms with Crippen molar-refractivity contribution in [3.63, 3.8) is 0 Å². The average Bonchev–Trinajstić information content (AvgIpc) is 2.31. The smallest absolute Gasteiger partial charge is 0.0349 e. The van der Waals surface area contributed by atoms with Crippen LogP contribution < -0.4 is 5.73 Å². The first-order chi connectivity index (χ1) is 5.27. The number of nitrogen functional groups attached to an aromatic ring is 1. The summed E-state index contributed by atoms with van der Waals surface area (Å²) in [6.45, 7) is 2.28. The summed E-state index contributed by atoms with van der Waals surface area (Å²) >= 11 is 0. The van der Waals surface area contributed by atoms with Gasteiger partial charge in [-0.15, -0.1) is 0 Å². The Bertz CT molecular complexity index is 278. The van der Waals surface area contributed by atoms with Crippen molar-refractivity contribution < 1.29 is 0 Å². The second-order valence-electron chi connectivity index (χ2n) is 3.50. The molecule has 58 valence electrons. The van der Waals surface area contributed by atoms with E-state index in [0.29, 0.717) is 0 Å². The highest BCUT2D eigenvalue weighted by molar-refractivity contribution is 5.53. The topological polar surface area (TPSA) is 26.0 Å². The minimum absolute atomic E-state index is 0.787. The normalized spacial score (nSPS) is 21.7. The average molecular weight is 147 g/mol. The van der Waals surface area contributed by atoms with Crippen LogP contribution in [0.3, 0.4) is 0 Å². The molecular weight excluding hydrogens is 134 g/mol. The van der Waals surface area contributed by atoms with E-state index in [1.807, 2.05) is 12.1 Å². The Kier molecular flexibility index (Phi) is 1.38. The molecule has 0 amide bonds. The molecule has 1 aliphatic rings. The largest absolute Gasteiger partial charge is 0.398 e. The molecule has 1 nitrogen and oxygen atoms in total. The Hall–Kier alpha value is -0.980. The summed E-state index contributed by atoms with van der Waals surface area (Å²) in [5.41, 5.74) is 9.66. The van der Waals surface area contributed by atoms with Crippen molar-refractivity contribution in [2.24, 2.45) is 5.92 Å². The van der Waals surface area contributed by atoms with Crippen LogP contribution in [-0.4, -0.2) is 0 Å². The first-order valence-corrected chi connectivity index (χ1v) is 4.13. The Morgan fingerprint density at radius 3 is 2.91 bits per heavy atom. The third-order valence-electron chi connectivity index (χ3n) is 2.43. The quantitative estimate of drug-likeness (QED) is 0.558. The second-order valence-corrected chi connectivity index (χ2v) is 3.50. The Balaban J connectivity index is 2.49. The molecule has 0 aliphatic heterocycles. The summed E-state index contributed by atoms with van der Waals surface area (Å²) in [6, 6.07) is 6.23. The van der Waals surface area contributed by atoms with Crippen molar-refractivity contribution in [1.82, 2.24) is 0 Å². The van der Waals surface area contributed by atoms with Crippen LogP contribution in [0.15, 0.2) is 18.2 Å². The maximum absolute atomic E-state index is 5.83. The van der Waals surface area contributed by atoms with Crippen LogP contribution in [0.2, 0.25) is 0 Å². The van der Waals surface area contributed by atoms with Crippen LogP contribution in [0.25, 0.3) is 0 Å². The van der Waals surface area contributed by atoms with Crippen molar-refractivity contribution in [2.75, 3.05) is 5.73 Å². The highest BCUT2D eigenvalue weighted by atomic mass is 14.6. The van der Waals surface area contributed by atoms with Gasteiger partial charge in [-0.25, -0.2) is 0 Å². The summed E-state index contributed by atoms with van der Waals surface area (Å²) in [5, 5.41) is 0. The molecule has 1 aromatic carbocycles. The minimum Gasteiger partial charge on any atom is -0.398 e. The lowest BCUT2D eigenvalue weighted by Crippen LogP contribution is -1.93. The van der Waals surface area contributed by atoms with E-state index in [-0.39, 0.29) is 0 Å². The lowest BCUT2D eigenvalue weighted by atomic mass is 10.1. The first kappa shape index (κ1) is 6.71. The van der Waals surface area contributed by atoms with Gasteiger partial charge in [0.2, 0.25) is 0 Å². The summed E-state index contributed by atoms with van der Waals surface area (Å²) < 4.78 is 0. The molecule has 0 saturated heterocycles. The van der Waals surface area contributed by atoms with Gasteiger partial charge < -0.3 is 5.73 Å². The fourth-order valence-electron chi connectivity index (χ4n) is 1.89. The number of hydrogen-bond acceptors (Lipinski definition) is 1. The lowest BCUT2D eigenvalue weighted by Gasteiger charge is -2.00. The van der Waals surface area contributed by atoms with Gasteiger partial charge in [0.1, 0.15) is 0 Å². The van der Waals surface area contributed by atoms with Gasteiger partial charge in [0, 0.05) is 5.69 Å². The zero-order valence-corrected chi connectivity index (χ0v) is 6.80. The molecule has 0 heterocycles. The van der Waals surface area contributed by atoms with Gasteiger partial charge in [0.25, 0.3) is 0 Å². The number of hydrogen-bond donors (Lipinski definition) is 1. The van der Waals surface area contributed by atoms with Crippen LogP contribution in [0.4, 0.5) is 5.69 Å². The highest BCUT2D eigenvalue weighted by Crippen LogP contribution is 2.30. The van der Waals surface area contributed by atoms with E-state index >= 15 is 0 Å². The van der Waals surface area contributed by atoms with Crippen LogP contribution in [-0.2, 0) is 12.8 Å². The predicted octanol–water partition coefficient (Wildman–Crippen LogP) is 2.00.